The van der Waals surface area contributed by atoms with Crippen molar-refractivity contribution in [3.05, 3.63) is 45.6 Å². The number of aromatic hydroxyl groups is 1. The number of nitrogens with one attached hydrogen (secondary N) is 1. The quantitative estimate of drug-likeness (QED) is 0.718. The first-order valence-electron chi connectivity index (χ1n) is 9.24. The number of likely N-dealkylation sites (tertiary alicyclic amines) is 1. The van der Waals surface area contributed by atoms with Gasteiger partial charge in [0.1, 0.15) is 4.88 Å². The third-order valence-electron chi connectivity index (χ3n) is 5.35. The molecular weight excluding hydrogens is 368 g/mol. The molecule has 0 unspecified atom stereocenters. The average Bonchev–Trinajstić information content (AvgIpc) is 3.18. The maximum atomic E-state index is 10.9. The van der Waals surface area contributed by atoms with Crippen molar-refractivity contribution in [2.45, 2.75) is 39.2 Å². The largest absolute Gasteiger partial charge is 0.492 e. The van der Waals surface area contributed by atoms with E-state index < -0.39 is 0 Å². The zero-order valence-electron chi connectivity index (χ0n) is 15.1. The molecule has 5 nitrogen and oxygen atoms in total. The highest BCUT2D eigenvalue weighted by Crippen LogP contribution is 2.35. The fourth-order valence-electron chi connectivity index (χ4n) is 3.78. The smallest absolute Gasteiger partial charge is 0.235 e. The molecule has 7 heteroatoms. The van der Waals surface area contributed by atoms with Gasteiger partial charge in [-0.05, 0) is 30.9 Å². The van der Waals surface area contributed by atoms with Crippen LogP contribution in [0.2, 0.25) is 5.02 Å². The Hall–Kier alpha value is -1.63. The van der Waals surface area contributed by atoms with Gasteiger partial charge in [-0.2, -0.15) is 4.52 Å². The molecule has 0 amide bonds. The molecule has 0 spiro atoms. The maximum Gasteiger partial charge on any atom is 0.235 e. The third-order valence-corrected chi connectivity index (χ3v) is 6.69. The highest BCUT2D eigenvalue weighted by atomic mass is 35.5. The second-order valence-corrected chi connectivity index (χ2v) is 8.64. The third kappa shape index (κ3) is 3.21. The van der Waals surface area contributed by atoms with Crippen molar-refractivity contribution in [1.29, 1.82) is 0 Å². The van der Waals surface area contributed by atoms with Crippen LogP contribution in [0.1, 0.15) is 49.0 Å². The number of aryl methyl sites for hydroxylation is 1. The van der Waals surface area contributed by atoms with E-state index in [9.17, 15) is 5.11 Å². The monoisotopic (exact) mass is 391 g/mol. The van der Waals surface area contributed by atoms with Crippen LogP contribution in [0, 0.1) is 5.92 Å². The molecule has 1 fully saturated rings. The second-order valence-electron chi connectivity index (χ2n) is 7.19. The van der Waals surface area contributed by atoms with Crippen molar-refractivity contribution in [2.24, 2.45) is 5.92 Å². The molecule has 1 saturated heterocycles. The fourth-order valence-corrected chi connectivity index (χ4v) is 5.06. The van der Waals surface area contributed by atoms with Crippen LogP contribution in [0.15, 0.2) is 24.3 Å². The molecule has 0 saturated carbocycles. The van der Waals surface area contributed by atoms with Crippen molar-refractivity contribution in [2.75, 3.05) is 13.1 Å². The summed E-state index contributed by atoms with van der Waals surface area (Å²) in [6, 6.07) is 8.09. The molecule has 0 radical (unpaired) electrons. The first-order chi connectivity index (χ1) is 12.6. The minimum absolute atomic E-state index is 0.0818. The summed E-state index contributed by atoms with van der Waals surface area (Å²) in [4.78, 5) is 7.73. The highest BCUT2D eigenvalue weighted by molar-refractivity contribution is 7.17. The number of hydrogen-bond acceptors (Lipinski definition) is 4. The van der Waals surface area contributed by atoms with E-state index in [0.29, 0.717) is 0 Å². The van der Waals surface area contributed by atoms with Crippen LogP contribution < -0.4 is 4.90 Å². The van der Waals surface area contributed by atoms with Gasteiger partial charge in [-0.15, -0.1) is 5.10 Å². The average molecular weight is 392 g/mol. The van der Waals surface area contributed by atoms with Crippen LogP contribution in [0.3, 0.4) is 0 Å². The fraction of sp³-hybridized carbons (Fsp3) is 0.474. The van der Waals surface area contributed by atoms with Gasteiger partial charge >= 0.3 is 0 Å². The Bertz CT molecular complexity index is 896. The zero-order valence-corrected chi connectivity index (χ0v) is 16.6. The number of aromatic nitrogens is 3. The summed E-state index contributed by atoms with van der Waals surface area (Å²) in [5.74, 6) is 1.76. The number of nitrogens with zero attached hydrogens (tertiary/aromatic N) is 3. The predicted octanol–water partition coefficient (Wildman–Crippen LogP) is 3.12. The lowest BCUT2D eigenvalue weighted by Gasteiger charge is -2.33. The van der Waals surface area contributed by atoms with E-state index in [1.54, 1.807) is 15.9 Å². The van der Waals surface area contributed by atoms with Crippen molar-refractivity contribution >= 4 is 27.9 Å². The second kappa shape index (κ2) is 7.18. The van der Waals surface area contributed by atoms with E-state index in [1.807, 2.05) is 19.1 Å². The number of halogens is 1. The topological polar surface area (TPSA) is 54.9 Å². The summed E-state index contributed by atoms with van der Waals surface area (Å²) in [5, 5.41) is 16.1. The van der Waals surface area contributed by atoms with Gasteiger partial charge in [0, 0.05) is 17.0 Å². The number of thiazole rings is 1. The van der Waals surface area contributed by atoms with E-state index in [-0.39, 0.29) is 11.9 Å². The van der Waals surface area contributed by atoms with Crippen LogP contribution in [-0.4, -0.2) is 32.8 Å². The van der Waals surface area contributed by atoms with Crippen molar-refractivity contribution in [3.8, 4) is 5.88 Å². The number of fused-ring (bicyclic) bond motifs is 1. The molecule has 0 bridgehead atoms. The SMILES string of the molecule is CCc1nc2sc([C@H](c3ccc(Cl)cc3)[NH+]3CCC(C)CC3)c(O)n2n1. The molecule has 2 N–H and O–H groups in total. The maximum absolute atomic E-state index is 10.9. The Kier molecular flexibility index (Phi) is 4.90. The Morgan fingerprint density at radius 1 is 1.31 bits per heavy atom. The summed E-state index contributed by atoms with van der Waals surface area (Å²) in [6.45, 7) is 6.54. The van der Waals surface area contributed by atoms with Gasteiger partial charge in [-0.1, -0.05) is 48.9 Å². The van der Waals surface area contributed by atoms with Crippen LogP contribution in [0.5, 0.6) is 5.88 Å². The Morgan fingerprint density at radius 3 is 2.62 bits per heavy atom. The lowest BCUT2D eigenvalue weighted by molar-refractivity contribution is -0.931. The Balaban J connectivity index is 1.78. The number of hydrogen-bond donors (Lipinski definition) is 2. The molecule has 138 valence electrons. The van der Waals surface area contributed by atoms with Crippen LogP contribution in [-0.2, 0) is 6.42 Å². The van der Waals surface area contributed by atoms with Gasteiger partial charge in [0.15, 0.2) is 11.9 Å². The van der Waals surface area contributed by atoms with E-state index in [0.717, 1.165) is 46.1 Å². The molecule has 1 aromatic carbocycles. The normalized spacial score (nSPS) is 22.0. The van der Waals surface area contributed by atoms with Gasteiger partial charge in [-0.25, -0.2) is 4.98 Å². The molecule has 26 heavy (non-hydrogen) atoms. The van der Waals surface area contributed by atoms with Crippen LogP contribution >= 0.6 is 22.9 Å². The summed E-state index contributed by atoms with van der Waals surface area (Å²) in [6.07, 6.45) is 3.18. The Labute approximate surface area is 162 Å². The minimum atomic E-state index is 0.0818. The number of piperidine rings is 1. The minimum Gasteiger partial charge on any atom is -0.492 e. The van der Waals surface area contributed by atoms with E-state index in [4.69, 9.17) is 11.6 Å². The zero-order chi connectivity index (χ0) is 18.3. The molecule has 3 aromatic rings. The molecule has 3 heterocycles. The van der Waals surface area contributed by atoms with Gasteiger partial charge in [0.25, 0.3) is 0 Å². The summed E-state index contributed by atoms with van der Waals surface area (Å²) in [7, 11) is 0. The number of benzene rings is 1. The Morgan fingerprint density at radius 2 is 2.00 bits per heavy atom. The van der Waals surface area contributed by atoms with Crippen LogP contribution in [0.25, 0.3) is 4.96 Å². The standard InChI is InChI=1S/C19H23ClN4OS/c1-3-15-21-19-24(22-15)18(25)17(26-19)16(13-4-6-14(20)7-5-13)23-10-8-12(2)9-11-23/h4-7,12,16,25H,3,8-11H2,1-2H3/p+1/t16-/m0/s1. The van der Waals surface area contributed by atoms with Crippen molar-refractivity contribution < 1.29 is 10.0 Å². The van der Waals surface area contributed by atoms with Gasteiger partial charge in [0.2, 0.25) is 10.8 Å². The van der Waals surface area contributed by atoms with Gasteiger partial charge in [0.05, 0.1) is 13.1 Å². The lowest BCUT2D eigenvalue weighted by atomic mass is 9.95. The molecule has 0 aliphatic carbocycles. The first kappa shape index (κ1) is 17.8. The summed E-state index contributed by atoms with van der Waals surface area (Å²) >= 11 is 7.65. The summed E-state index contributed by atoms with van der Waals surface area (Å²) < 4.78 is 1.59. The molecule has 2 aromatic heterocycles. The predicted molar refractivity (Wildman–Crippen MR) is 104 cm³/mol. The van der Waals surface area contributed by atoms with E-state index in [1.165, 1.54) is 23.3 Å². The number of rotatable bonds is 4. The molecule has 1 atom stereocenters. The summed E-state index contributed by atoms with van der Waals surface area (Å²) in [5.41, 5.74) is 1.18. The molecule has 4 rings (SSSR count). The van der Waals surface area contributed by atoms with E-state index in [2.05, 4.69) is 29.1 Å². The van der Waals surface area contributed by atoms with Crippen molar-refractivity contribution in [1.82, 2.24) is 14.6 Å². The molecular formula is C19H24ClN4OS+. The van der Waals surface area contributed by atoms with Crippen LogP contribution in [0.4, 0.5) is 0 Å². The highest BCUT2D eigenvalue weighted by Gasteiger charge is 2.34. The van der Waals surface area contributed by atoms with Gasteiger partial charge < -0.3 is 10.0 Å². The van der Waals surface area contributed by atoms with E-state index >= 15 is 0 Å². The molecule has 1 aliphatic rings. The van der Waals surface area contributed by atoms with Crippen molar-refractivity contribution in [3.63, 3.8) is 0 Å². The van der Waals surface area contributed by atoms with Gasteiger partial charge in [-0.3, -0.25) is 0 Å². The number of quaternary nitrogens is 1. The lowest BCUT2D eigenvalue weighted by Crippen LogP contribution is -3.13. The molecule has 1 aliphatic heterocycles. The first-order valence-corrected chi connectivity index (χ1v) is 10.4.